The number of hydrogen-bond acceptors (Lipinski definition) is 3. The van der Waals surface area contributed by atoms with E-state index in [0.717, 1.165) is 0 Å². The highest BCUT2D eigenvalue weighted by Crippen LogP contribution is 2.03. The van der Waals surface area contributed by atoms with Gasteiger partial charge in [-0.15, -0.1) is 0 Å². The van der Waals surface area contributed by atoms with Crippen LogP contribution in [0, 0.1) is 22.7 Å². The van der Waals surface area contributed by atoms with Crippen molar-refractivity contribution in [1.29, 1.82) is 10.5 Å². The Hall–Kier alpha value is -1.06. The van der Waals surface area contributed by atoms with Gasteiger partial charge in [-0.05, 0) is 20.9 Å². The van der Waals surface area contributed by atoms with E-state index >= 15 is 0 Å². The molecule has 0 saturated carbocycles. The standard InChI is InChI=1S/C8H13N3/c1-7(4-5-9)11(3)8(2)6-10/h7-8H,4H2,1-3H3. The molecule has 0 aliphatic carbocycles. The highest BCUT2D eigenvalue weighted by Gasteiger charge is 2.13. The minimum absolute atomic E-state index is 0.113. The summed E-state index contributed by atoms with van der Waals surface area (Å²) in [5.41, 5.74) is 0. The number of nitriles is 2. The monoisotopic (exact) mass is 151 g/mol. The van der Waals surface area contributed by atoms with E-state index < -0.39 is 0 Å². The normalized spacial score (nSPS) is 15.1. The second-order valence-electron chi connectivity index (χ2n) is 2.68. The van der Waals surface area contributed by atoms with Gasteiger partial charge in [-0.3, -0.25) is 4.90 Å². The Balaban J connectivity index is 3.95. The van der Waals surface area contributed by atoms with Crippen LogP contribution in [0.25, 0.3) is 0 Å². The van der Waals surface area contributed by atoms with E-state index in [1.807, 2.05) is 25.8 Å². The third-order valence-electron chi connectivity index (χ3n) is 1.88. The Morgan fingerprint density at radius 2 is 1.91 bits per heavy atom. The molecule has 0 fully saturated rings. The van der Waals surface area contributed by atoms with E-state index in [4.69, 9.17) is 10.5 Å². The third-order valence-corrected chi connectivity index (χ3v) is 1.88. The van der Waals surface area contributed by atoms with Gasteiger partial charge in [0.2, 0.25) is 0 Å². The first-order chi connectivity index (χ1) is 5.13. The highest BCUT2D eigenvalue weighted by atomic mass is 15.1. The predicted molar refractivity (Wildman–Crippen MR) is 42.5 cm³/mol. The van der Waals surface area contributed by atoms with Crippen LogP contribution in [0.15, 0.2) is 0 Å². The van der Waals surface area contributed by atoms with Crippen molar-refractivity contribution in [2.75, 3.05) is 7.05 Å². The van der Waals surface area contributed by atoms with Crippen molar-refractivity contribution in [3.63, 3.8) is 0 Å². The summed E-state index contributed by atoms with van der Waals surface area (Å²) in [6.45, 7) is 3.77. The number of hydrogen-bond donors (Lipinski definition) is 0. The predicted octanol–water partition coefficient (Wildman–Crippen LogP) is 1.13. The maximum Gasteiger partial charge on any atom is 0.0949 e. The molecule has 0 aromatic heterocycles. The van der Waals surface area contributed by atoms with Gasteiger partial charge in [0, 0.05) is 6.04 Å². The summed E-state index contributed by atoms with van der Waals surface area (Å²) < 4.78 is 0. The average Bonchev–Trinajstić information content (AvgIpc) is 2.02. The van der Waals surface area contributed by atoms with E-state index in [2.05, 4.69) is 12.1 Å². The van der Waals surface area contributed by atoms with Crippen LogP contribution in [0.2, 0.25) is 0 Å². The lowest BCUT2D eigenvalue weighted by Crippen LogP contribution is -2.35. The topological polar surface area (TPSA) is 50.8 Å². The van der Waals surface area contributed by atoms with Gasteiger partial charge in [-0.1, -0.05) is 0 Å². The highest BCUT2D eigenvalue weighted by molar-refractivity contribution is 4.90. The largest absolute Gasteiger partial charge is 0.288 e. The molecule has 0 bridgehead atoms. The van der Waals surface area contributed by atoms with Crippen molar-refractivity contribution in [1.82, 2.24) is 4.90 Å². The zero-order valence-corrected chi connectivity index (χ0v) is 7.20. The zero-order valence-electron chi connectivity index (χ0n) is 7.20. The molecule has 0 spiro atoms. The third kappa shape index (κ3) is 3.02. The Morgan fingerprint density at radius 3 is 2.27 bits per heavy atom. The first-order valence-electron chi connectivity index (χ1n) is 3.62. The molecule has 3 heteroatoms. The quantitative estimate of drug-likeness (QED) is 0.607. The van der Waals surface area contributed by atoms with Crippen LogP contribution in [0.3, 0.4) is 0 Å². The van der Waals surface area contributed by atoms with Gasteiger partial charge < -0.3 is 0 Å². The van der Waals surface area contributed by atoms with Crippen LogP contribution in [0.4, 0.5) is 0 Å². The van der Waals surface area contributed by atoms with Crippen LogP contribution in [-0.2, 0) is 0 Å². The van der Waals surface area contributed by atoms with Gasteiger partial charge in [-0.2, -0.15) is 10.5 Å². The molecule has 0 aliphatic rings. The van der Waals surface area contributed by atoms with Crippen molar-refractivity contribution in [2.24, 2.45) is 0 Å². The van der Waals surface area contributed by atoms with Crippen molar-refractivity contribution >= 4 is 0 Å². The van der Waals surface area contributed by atoms with Crippen molar-refractivity contribution in [3.8, 4) is 12.1 Å². The average molecular weight is 151 g/mol. The number of nitrogens with zero attached hydrogens (tertiary/aromatic N) is 3. The Labute approximate surface area is 67.8 Å². The van der Waals surface area contributed by atoms with E-state index in [9.17, 15) is 0 Å². The van der Waals surface area contributed by atoms with Crippen LogP contribution in [0.5, 0.6) is 0 Å². The fourth-order valence-corrected chi connectivity index (χ4v) is 0.749. The fraction of sp³-hybridized carbons (Fsp3) is 0.750. The Kier molecular flexibility index (Phi) is 4.26. The first-order valence-corrected chi connectivity index (χ1v) is 3.62. The van der Waals surface area contributed by atoms with Crippen molar-refractivity contribution in [2.45, 2.75) is 32.4 Å². The minimum Gasteiger partial charge on any atom is -0.288 e. The zero-order chi connectivity index (χ0) is 8.85. The Bertz CT molecular complexity index is 186. The van der Waals surface area contributed by atoms with Crippen LogP contribution in [0.1, 0.15) is 20.3 Å². The molecule has 2 atom stereocenters. The van der Waals surface area contributed by atoms with Crippen molar-refractivity contribution < 1.29 is 0 Å². The summed E-state index contributed by atoms with van der Waals surface area (Å²) in [6.07, 6.45) is 0.475. The summed E-state index contributed by atoms with van der Waals surface area (Å²) in [5.74, 6) is 0. The molecule has 0 radical (unpaired) electrons. The van der Waals surface area contributed by atoms with Crippen LogP contribution in [-0.4, -0.2) is 24.0 Å². The molecule has 0 amide bonds. The van der Waals surface area contributed by atoms with E-state index in [-0.39, 0.29) is 12.1 Å². The summed E-state index contributed by atoms with van der Waals surface area (Å²) in [6, 6.07) is 4.25. The van der Waals surface area contributed by atoms with Gasteiger partial charge in [0.25, 0.3) is 0 Å². The first kappa shape index (κ1) is 9.94. The van der Waals surface area contributed by atoms with E-state index in [1.54, 1.807) is 0 Å². The summed E-state index contributed by atoms with van der Waals surface area (Å²) >= 11 is 0. The molecular formula is C8H13N3. The van der Waals surface area contributed by atoms with Crippen LogP contribution < -0.4 is 0 Å². The maximum atomic E-state index is 8.55. The van der Waals surface area contributed by atoms with E-state index in [1.165, 1.54) is 0 Å². The molecule has 0 aromatic rings. The molecule has 60 valence electrons. The van der Waals surface area contributed by atoms with Crippen LogP contribution >= 0.6 is 0 Å². The lowest BCUT2D eigenvalue weighted by Gasteiger charge is -2.24. The molecule has 0 N–H and O–H groups in total. The second kappa shape index (κ2) is 4.71. The summed E-state index contributed by atoms with van der Waals surface area (Å²) in [4.78, 5) is 1.89. The van der Waals surface area contributed by atoms with Gasteiger partial charge in [-0.25, -0.2) is 0 Å². The van der Waals surface area contributed by atoms with Gasteiger partial charge in [0.05, 0.1) is 24.6 Å². The molecule has 0 heterocycles. The van der Waals surface area contributed by atoms with E-state index in [0.29, 0.717) is 6.42 Å². The molecule has 0 rings (SSSR count). The molecule has 2 unspecified atom stereocenters. The SMILES string of the molecule is CC(C#N)N(C)C(C)CC#N. The lowest BCUT2D eigenvalue weighted by molar-refractivity contribution is 0.234. The second-order valence-corrected chi connectivity index (χ2v) is 2.68. The molecule has 11 heavy (non-hydrogen) atoms. The van der Waals surface area contributed by atoms with Gasteiger partial charge in [0.15, 0.2) is 0 Å². The molecule has 0 aliphatic heterocycles. The maximum absolute atomic E-state index is 8.55. The minimum atomic E-state index is -0.113. The molecule has 0 saturated heterocycles. The molecule has 3 nitrogen and oxygen atoms in total. The molecular weight excluding hydrogens is 138 g/mol. The summed E-state index contributed by atoms with van der Waals surface area (Å²) in [7, 11) is 1.86. The van der Waals surface area contributed by atoms with Gasteiger partial charge >= 0.3 is 0 Å². The molecule has 0 aromatic carbocycles. The Morgan fingerprint density at radius 1 is 1.36 bits per heavy atom. The fourth-order valence-electron chi connectivity index (χ4n) is 0.749. The summed E-state index contributed by atoms with van der Waals surface area (Å²) in [5, 5.41) is 16.9. The van der Waals surface area contributed by atoms with Gasteiger partial charge in [0.1, 0.15) is 0 Å². The lowest BCUT2D eigenvalue weighted by atomic mass is 10.2. The smallest absolute Gasteiger partial charge is 0.0949 e. The number of rotatable bonds is 3. The van der Waals surface area contributed by atoms with Crippen molar-refractivity contribution in [3.05, 3.63) is 0 Å².